The molecular weight excluding hydrogens is 437 g/mol. The van der Waals surface area contributed by atoms with Gasteiger partial charge < -0.3 is 20.1 Å². The molecule has 0 aliphatic carbocycles. The van der Waals surface area contributed by atoms with Gasteiger partial charge in [0.2, 0.25) is 10.0 Å². The van der Waals surface area contributed by atoms with Crippen molar-refractivity contribution in [3.8, 4) is 0 Å². The van der Waals surface area contributed by atoms with Gasteiger partial charge in [0.05, 0.1) is 29.8 Å². The second-order valence-corrected chi connectivity index (χ2v) is 9.82. The molecule has 2 aliphatic heterocycles. The Morgan fingerprint density at radius 1 is 1.03 bits per heavy atom. The van der Waals surface area contributed by atoms with Gasteiger partial charge in [-0.25, -0.2) is 12.8 Å². The largest absolute Gasteiger partial charge is 0.393 e. The number of ether oxygens (including phenoxy) is 1. The second-order valence-electron chi connectivity index (χ2n) is 7.88. The maximum atomic E-state index is 14.4. The molecule has 2 saturated heterocycles. The van der Waals surface area contributed by atoms with Crippen LogP contribution >= 0.6 is 0 Å². The van der Waals surface area contributed by atoms with Gasteiger partial charge in [0, 0.05) is 37.6 Å². The minimum Gasteiger partial charge on any atom is -0.393 e. The van der Waals surface area contributed by atoms with Crippen molar-refractivity contribution in [2.24, 2.45) is 0 Å². The normalized spacial score (nSPS) is 18.5. The number of benzene rings is 2. The average molecular weight is 464 g/mol. The van der Waals surface area contributed by atoms with Crippen LogP contribution in [0.15, 0.2) is 47.4 Å². The number of hydrogen-bond donors (Lipinski definition) is 2. The Kier molecular flexibility index (Phi) is 6.75. The molecule has 0 aromatic heterocycles. The van der Waals surface area contributed by atoms with Crippen LogP contribution in [0.2, 0.25) is 0 Å². The van der Waals surface area contributed by atoms with E-state index in [1.54, 1.807) is 12.1 Å². The van der Waals surface area contributed by atoms with E-state index in [0.717, 1.165) is 30.9 Å². The van der Waals surface area contributed by atoms with Crippen molar-refractivity contribution in [1.29, 1.82) is 0 Å². The molecule has 172 valence electrons. The Bertz CT molecular complexity index is 1060. The highest BCUT2D eigenvalue weighted by atomic mass is 32.2. The van der Waals surface area contributed by atoms with E-state index in [0.29, 0.717) is 31.7 Å². The Labute approximate surface area is 186 Å². The molecule has 8 nitrogen and oxygen atoms in total. The van der Waals surface area contributed by atoms with Crippen LogP contribution in [0.1, 0.15) is 23.2 Å². The summed E-state index contributed by atoms with van der Waals surface area (Å²) in [6.07, 6.45) is 1.16. The summed E-state index contributed by atoms with van der Waals surface area (Å²) in [5, 5.41) is 12.3. The summed E-state index contributed by atoms with van der Waals surface area (Å²) in [5.74, 6) is -1.53. The first kappa shape index (κ1) is 22.7. The molecule has 0 bridgehead atoms. The zero-order valence-electron chi connectivity index (χ0n) is 17.5. The molecule has 2 N–H and O–H groups in total. The minimum absolute atomic E-state index is 0.131. The number of nitrogens with zero attached hydrogens (tertiary/aromatic N) is 2. The monoisotopic (exact) mass is 463 g/mol. The van der Waals surface area contributed by atoms with Gasteiger partial charge in [0.15, 0.2) is 0 Å². The molecule has 2 aromatic carbocycles. The second kappa shape index (κ2) is 9.53. The first-order valence-electron chi connectivity index (χ1n) is 10.6. The molecule has 2 aromatic rings. The number of halogens is 1. The highest BCUT2D eigenvalue weighted by molar-refractivity contribution is 7.89. The molecular formula is C22H26FN3O5S. The maximum absolute atomic E-state index is 14.4. The van der Waals surface area contributed by atoms with Gasteiger partial charge in [-0.2, -0.15) is 4.31 Å². The number of piperidine rings is 1. The predicted octanol–water partition coefficient (Wildman–Crippen LogP) is 2.06. The lowest BCUT2D eigenvalue weighted by molar-refractivity contribution is 0.0730. The van der Waals surface area contributed by atoms with Gasteiger partial charge >= 0.3 is 0 Å². The number of carbonyl (C=O) groups is 1. The number of aliphatic hydroxyl groups excluding tert-OH is 1. The number of carbonyl (C=O) groups excluding carboxylic acids is 1. The van der Waals surface area contributed by atoms with E-state index in [9.17, 15) is 22.7 Å². The van der Waals surface area contributed by atoms with Crippen LogP contribution in [-0.4, -0.2) is 69.2 Å². The van der Waals surface area contributed by atoms with E-state index in [1.807, 2.05) is 12.1 Å². The van der Waals surface area contributed by atoms with Gasteiger partial charge in [-0.15, -0.1) is 0 Å². The van der Waals surface area contributed by atoms with Gasteiger partial charge in [0.25, 0.3) is 5.91 Å². The topological polar surface area (TPSA) is 99.2 Å². The smallest absolute Gasteiger partial charge is 0.258 e. The summed E-state index contributed by atoms with van der Waals surface area (Å²) in [6.45, 7) is 2.52. The zero-order valence-corrected chi connectivity index (χ0v) is 18.4. The van der Waals surface area contributed by atoms with Crippen LogP contribution in [0.25, 0.3) is 0 Å². The Hall–Kier alpha value is -2.53. The molecule has 0 radical (unpaired) electrons. The number of amides is 1. The summed E-state index contributed by atoms with van der Waals surface area (Å²) >= 11 is 0. The van der Waals surface area contributed by atoms with E-state index in [-0.39, 0.29) is 29.7 Å². The van der Waals surface area contributed by atoms with Gasteiger partial charge in [-0.3, -0.25) is 4.79 Å². The Morgan fingerprint density at radius 3 is 2.34 bits per heavy atom. The standard InChI is InChI=1S/C22H26FN3O5S/c23-21-6-5-19(32(29,30)26-11-13-31-14-12-26)15-20(21)22(28)24-16-1-3-17(4-2-16)25-9-7-18(27)8-10-25/h1-6,15,18,27H,7-14H2,(H,24,28). The van der Waals surface area contributed by atoms with E-state index in [4.69, 9.17) is 4.74 Å². The SMILES string of the molecule is O=C(Nc1ccc(N2CCC(O)CC2)cc1)c1cc(S(=O)(=O)N2CCOCC2)ccc1F. The van der Waals surface area contributed by atoms with Gasteiger partial charge in [-0.1, -0.05) is 0 Å². The summed E-state index contributed by atoms with van der Waals surface area (Å²) in [5.41, 5.74) is 1.10. The molecule has 0 atom stereocenters. The molecule has 4 rings (SSSR count). The van der Waals surface area contributed by atoms with E-state index >= 15 is 0 Å². The lowest BCUT2D eigenvalue weighted by Gasteiger charge is -2.31. The number of anilines is 2. The highest BCUT2D eigenvalue weighted by Gasteiger charge is 2.28. The molecule has 2 fully saturated rings. The summed E-state index contributed by atoms with van der Waals surface area (Å²) in [6, 6.07) is 10.4. The third-order valence-corrected chi connectivity index (χ3v) is 7.64. The van der Waals surface area contributed by atoms with Crippen LogP contribution in [0, 0.1) is 5.82 Å². The van der Waals surface area contributed by atoms with Crippen molar-refractivity contribution >= 4 is 27.3 Å². The Balaban J connectivity index is 1.48. The third kappa shape index (κ3) is 4.93. The van der Waals surface area contributed by atoms with Crippen LogP contribution in [0.3, 0.4) is 0 Å². The number of rotatable bonds is 5. The van der Waals surface area contributed by atoms with Crippen molar-refractivity contribution in [1.82, 2.24) is 4.31 Å². The van der Waals surface area contributed by atoms with Crippen molar-refractivity contribution in [2.75, 3.05) is 49.6 Å². The average Bonchev–Trinajstić information content (AvgIpc) is 2.81. The minimum atomic E-state index is -3.85. The number of nitrogens with one attached hydrogen (secondary N) is 1. The molecule has 32 heavy (non-hydrogen) atoms. The summed E-state index contributed by atoms with van der Waals surface area (Å²) in [4.78, 5) is 14.7. The first-order valence-corrected chi connectivity index (χ1v) is 12.0. The van der Waals surface area contributed by atoms with Crippen molar-refractivity contribution < 1.29 is 27.4 Å². The predicted molar refractivity (Wildman–Crippen MR) is 118 cm³/mol. The highest BCUT2D eigenvalue weighted by Crippen LogP contribution is 2.24. The number of sulfonamides is 1. The fraction of sp³-hybridized carbons (Fsp3) is 0.409. The number of morpholine rings is 1. The van der Waals surface area contributed by atoms with E-state index in [1.165, 1.54) is 10.4 Å². The molecule has 0 saturated carbocycles. The quantitative estimate of drug-likeness (QED) is 0.704. The van der Waals surface area contributed by atoms with Crippen LogP contribution in [0.4, 0.5) is 15.8 Å². The lowest BCUT2D eigenvalue weighted by atomic mass is 10.1. The van der Waals surface area contributed by atoms with Gasteiger partial charge in [-0.05, 0) is 55.3 Å². The van der Waals surface area contributed by atoms with Gasteiger partial charge in [0.1, 0.15) is 5.82 Å². The zero-order chi connectivity index (χ0) is 22.7. The van der Waals surface area contributed by atoms with Crippen molar-refractivity contribution in [3.05, 3.63) is 53.8 Å². The molecule has 2 heterocycles. The van der Waals surface area contributed by atoms with Crippen molar-refractivity contribution in [3.63, 3.8) is 0 Å². The maximum Gasteiger partial charge on any atom is 0.258 e. The molecule has 10 heteroatoms. The first-order chi connectivity index (χ1) is 15.3. The van der Waals surface area contributed by atoms with E-state index < -0.39 is 21.7 Å². The van der Waals surface area contributed by atoms with Crippen LogP contribution < -0.4 is 10.2 Å². The fourth-order valence-electron chi connectivity index (χ4n) is 3.85. The number of aliphatic hydroxyl groups is 1. The number of hydrogen-bond acceptors (Lipinski definition) is 6. The molecule has 2 aliphatic rings. The molecule has 0 spiro atoms. The Morgan fingerprint density at radius 2 is 1.69 bits per heavy atom. The summed E-state index contributed by atoms with van der Waals surface area (Å²) in [7, 11) is -3.85. The third-order valence-electron chi connectivity index (χ3n) is 5.75. The van der Waals surface area contributed by atoms with Crippen LogP contribution in [-0.2, 0) is 14.8 Å². The van der Waals surface area contributed by atoms with Crippen molar-refractivity contribution in [2.45, 2.75) is 23.8 Å². The summed E-state index contributed by atoms with van der Waals surface area (Å²) < 4.78 is 46.5. The fourth-order valence-corrected chi connectivity index (χ4v) is 5.29. The molecule has 0 unspecified atom stereocenters. The molecule has 1 amide bonds. The van der Waals surface area contributed by atoms with E-state index in [2.05, 4.69) is 10.2 Å². The lowest BCUT2D eigenvalue weighted by Crippen LogP contribution is -2.40. The van der Waals surface area contributed by atoms with Crippen LogP contribution in [0.5, 0.6) is 0 Å².